The number of fused-ring (bicyclic) bond motifs is 1. The Hall–Kier alpha value is -3.42. The molecule has 0 spiro atoms. The van der Waals surface area contributed by atoms with E-state index < -0.39 is 11.6 Å². The standard InChI is InChI=1S/C23H27N5O3/c1-4-19(29)28-13-11-17(20-21-18(10-12-24-20)25-15(2)26-21)23(14-28,27-22(30)31-3)16-8-6-5-7-9-16/h5-10,12,17H,4,11,13-14H2,1-3H3,(H,25,26)(H,27,30). The second-order valence-corrected chi connectivity index (χ2v) is 7.88. The number of amides is 2. The quantitative estimate of drug-likeness (QED) is 0.674. The van der Waals surface area contributed by atoms with Crippen molar-refractivity contribution >= 4 is 23.0 Å². The second kappa shape index (κ2) is 8.37. The van der Waals surface area contributed by atoms with Crippen molar-refractivity contribution in [1.29, 1.82) is 0 Å². The molecule has 3 heterocycles. The van der Waals surface area contributed by atoms with Gasteiger partial charge in [0.2, 0.25) is 5.91 Å². The Morgan fingerprint density at radius 1 is 1.29 bits per heavy atom. The summed E-state index contributed by atoms with van der Waals surface area (Å²) in [7, 11) is 1.34. The molecule has 1 aliphatic rings. The van der Waals surface area contributed by atoms with Gasteiger partial charge in [0.25, 0.3) is 0 Å². The Morgan fingerprint density at radius 2 is 2.06 bits per heavy atom. The summed E-state index contributed by atoms with van der Waals surface area (Å²) < 4.78 is 5.00. The monoisotopic (exact) mass is 421 g/mol. The lowest BCUT2D eigenvalue weighted by atomic mass is 9.71. The SMILES string of the molecule is CCC(=O)N1CCC(c2nccc3[nH]c(C)nc23)C(NC(=O)OC)(c2ccccc2)C1. The van der Waals surface area contributed by atoms with Crippen LogP contribution >= 0.6 is 0 Å². The fourth-order valence-electron chi connectivity index (χ4n) is 4.62. The lowest BCUT2D eigenvalue weighted by Crippen LogP contribution is -2.61. The lowest BCUT2D eigenvalue weighted by Gasteiger charge is -2.48. The molecule has 0 aliphatic carbocycles. The first-order chi connectivity index (χ1) is 15.0. The molecule has 1 aliphatic heterocycles. The predicted molar refractivity (Wildman–Crippen MR) is 117 cm³/mol. The van der Waals surface area contributed by atoms with E-state index in [1.54, 1.807) is 6.20 Å². The molecule has 0 bridgehead atoms. The molecule has 1 fully saturated rings. The molecule has 2 aromatic heterocycles. The minimum Gasteiger partial charge on any atom is -0.453 e. The fourth-order valence-corrected chi connectivity index (χ4v) is 4.62. The van der Waals surface area contributed by atoms with E-state index in [1.807, 2.05) is 55.1 Å². The van der Waals surface area contributed by atoms with Gasteiger partial charge in [0.05, 0.1) is 23.9 Å². The van der Waals surface area contributed by atoms with E-state index in [9.17, 15) is 9.59 Å². The number of methoxy groups -OCH3 is 1. The zero-order valence-corrected chi connectivity index (χ0v) is 18.0. The van der Waals surface area contributed by atoms with E-state index >= 15 is 0 Å². The topological polar surface area (TPSA) is 100 Å². The Labute approximate surface area is 181 Å². The number of benzene rings is 1. The summed E-state index contributed by atoms with van der Waals surface area (Å²) in [4.78, 5) is 39.7. The van der Waals surface area contributed by atoms with Crippen molar-refractivity contribution in [2.45, 2.75) is 38.1 Å². The van der Waals surface area contributed by atoms with Crippen LogP contribution in [0.15, 0.2) is 42.6 Å². The summed E-state index contributed by atoms with van der Waals surface area (Å²) in [6.07, 6.45) is 2.24. The van der Waals surface area contributed by atoms with Gasteiger partial charge in [-0.25, -0.2) is 9.78 Å². The molecule has 8 heteroatoms. The normalized spacial score (nSPS) is 21.1. The molecule has 31 heavy (non-hydrogen) atoms. The number of rotatable bonds is 4. The van der Waals surface area contributed by atoms with Crippen LogP contribution in [-0.2, 0) is 15.1 Å². The molecule has 0 saturated carbocycles. The maximum absolute atomic E-state index is 12.6. The van der Waals surface area contributed by atoms with Crippen LogP contribution in [-0.4, -0.2) is 52.1 Å². The van der Waals surface area contributed by atoms with E-state index in [4.69, 9.17) is 9.72 Å². The van der Waals surface area contributed by atoms with Crippen LogP contribution in [0.25, 0.3) is 11.0 Å². The van der Waals surface area contributed by atoms with Crippen molar-refractivity contribution in [3.8, 4) is 0 Å². The van der Waals surface area contributed by atoms with E-state index in [2.05, 4.69) is 15.3 Å². The number of hydrogen-bond acceptors (Lipinski definition) is 5. The lowest BCUT2D eigenvalue weighted by molar-refractivity contribution is -0.133. The zero-order valence-electron chi connectivity index (χ0n) is 18.0. The van der Waals surface area contributed by atoms with Crippen LogP contribution in [0.1, 0.15) is 42.8 Å². The highest BCUT2D eigenvalue weighted by atomic mass is 16.5. The molecular weight excluding hydrogens is 394 g/mol. The number of imidazole rings is 1. The van der Waals surface area contributed by atoms with Gasteiger partial charge >= 0.3 is 6.09 Å². The molecule has 4 rings (SSSR count). The number of nitrogens with one attached hydrogen (secondary N) is 2. The number of pyridine rings is 1. The van der Waals surface area contributed by atoms with Crippen molar-refractivity contribution in [1.82, 2.24) is 25.2 Å². The molecule has 1 saturated heterocycles. The third kappa shape index (κ3) is 3.73. The molecule has 1 aromatic carbocycles. The summed E-state index contributed by atoms with van der Waals surface area (Å²) in [6.45, 7) is 4.66. The van der Waals surface area contributed by atoms with Gasteiger partial charge in [-0.15, -0.1) is 0 Å². The summed E-state index contributed by atoms with van der Waals surface area (Å²) >= 11 is 0. The van der Waals surface area contributed by atoms with Gasteiger partial charge in [0, 0.05) is 31.6 Å². The molecule has 2 amide bonds. The van der Waals surface area contributed by atoms with E-state index in [1.165, 1.54) is 7.11 Å². The van der Waals surface area contributed by atoms with E-state index in [0.29, 0.717) is 25.9 Å². The van der Waals surface area contributed by atoms with Gasteiger partial charge in [-0.05, 0) is 25.0 Å². The zero-order chi connectivity index (χ0) is 22.0. The van der Waals surface area contributed by atoms with Gasteiger partial charge in [-0.2, -0.15) is 0 Å². The van der Waals surface area contributed by atoms with Gasteiger partial charge in [0.15, 0.2) is 0 Å². The van der Waals surface area contributed by atoms with E-state index in [-0.39, 0.29) is 11.8 Å². The number of hydrogen-bond donors (Lipinski definition) is 2. The number of aromatic nitrogens is 3. The number of likely N-dealkylation sites (tertiary alicyclic amines) is 1. The molecule has 0 radical (unpaired) electrons. The van der Waals surface area contributed by atoms with Crippen LogP contribution in [0.4, 0.5) is 4.79 Å². The molecular formula is C23H27N5O3. The highest BCUT2D eigenvalue weighted by molar-refractivity contribution is 5.79. The number of aryl methyl sites for hydroxylation is 1. The highest BCUT2D eigenvalue weighted by Gasteiger charge is 2.49. The molecule has 8 nitrogen and oxygen atoms in total. The Morgan fingerprint density at radius 3 is 2.77 bits per heavy atom. The Kier molecular flexibility index (Phi) is 5.63. The van der Waals surface area contributed by atoms with E-state index in [0.717, 1.165) is 28.1 Å². The molecule has 2 atom stereocenters. The summed E-state index contributed by atoms with van der Waals surface area (Å²) in [5, 5.41) is 3.09. The maximum atomic E-state index is 12.6. The first-order valence-corrected chi connectivity index (χ1v) is 10.5. The van der Waals surface area contributed by atoms with Crippen LogP contribution in [0, 0.1) is 6.92 Å². The fraction of sp³-hybridized carbons (Fsp3) is 0.391. The van der Waals surface area contributed by atoms with Crippen molar-refractivity contribution in [3.63, 3.8) is 0 Å². The number of carbonyl (C=O) groups is 2. The van der Waals surface area contributed by atoms with Gasteiger partial charge in [-0.3, -0.25) is 9.78 Å². The minimum absolute atomic E-state index is 0.0483. The smallest absolute Gasteiger partial charge is 0.407 e. The number of carbonyl (C=O) groups excluding carboxylic acids is 2. The highest BCUT2D eigenvalue weighted by Crippen LogP contribution is 2.44. The predicted octanol–water partition coefficient (Wildman–Crippen LogP) is 3.24. The number of piperidine rings is 1. The Balaban J connectivity index is 1.92. The number of alkyl carbamates (subject to hydrolysis) is 1. The van der Waals surface area contributed by atoms with Gasteiger partial charge in [-0.1, -0.05) is 37.3 Å². The molecule has 2 unspecified atom stereocenters. The third-order valence-corrected chi connectivity index (χ3v) is 6.06. The minimum atomic E-state index is -0.911. The van der Waals surface area contributed by atoms with Crippen molar-refractivity contribution in [3.05, 3.63) is 59.7 Å². The number of ether oxygens (including phenoxy) is 1. The van der Waals surface area contributed by atoms with Crippen LogP contribution in [0.2, 0.25) is 0 Å². The van der Waals surface area contributed by atoms with Crippen LogP contribution in [0.5, 0.6) is 0 Å². The molecule has 3 aromatic rings. The number of H-pyrrole nitrogens is 1. The van der Waals surface area contributed by atoms with Crippen LogP contribution in [0.3, 0.4) is 0 Å². The maximum Gasteiger partial charge on any atom is 0.407 e. The van der Waals surface area contributed by atoms with Crippen molar-refractivity contribution in [2.75, 3.05) is 20.2 Å². The van der Waals surface area contributed by atoms with Gasteiger partial charge in [0.1, 0.15) is 11.3 Å². The number of aromatic amines is 1. The second-order valence-electron chi connectivity index (χ2n) is 7.88. The van der Waals surface area contributed by atoms with Crippen LogP contribution < -0.4 is 5.32 Å². The third-order valence-electron chi connectivity index (χ3n) is 6.06. The molecule has 162 valence electrons. The first kappa shape index (κ1) is 20.8. The van der Waals surface area contributed by atoms with Crippen molar-refractivity contribution < 1.29 is 14.3 Å². The summed E-state index contributed by atoms with van der Waals surface area (Å²) in [6, 6.07) is 11.6. The van der Waals surface area contributed by atoms with Crippen molar-refractivity contribution in [2.24, 2.45) is 0 Å². The summed E-state index contributed by atoms with van der Waals surface area (Å²) in [5.74, 6) is 0.641. The average Bonchev–Trinajstić information content (AvgIpc) is 3.19. The van der Waals surface area contributed by atoms with Gasteiger partial charge < -0.3 is 19.9 Å². The Bertz CT molecular complexity index is 1100. The largest absolute Gasteiger partial charge is 0.453 e. The number of nitrogens with zero attached hydrogens (tertiary/aromatic N) is 3. The average molecular weight is 422 g/mol. The summed E-state index contributed by atoms with van der Waals surface area (Å²) in [5.41, 5.74) is 2.46. The molecule has 2 N–H and O–H groups in total. The first-order valence-electron chi connectivity index (χ1n) is 10.5.